The van der Waals surface area contributed by atoms with Gasteiger partial charge >= 0.3 is 0 Å². The van der Waals surface area contributed by atoms with Gasteiger partial charge in [0.05, 0.1) is 23.3 Å². The molecule has 1 amide bonds. The number of hydrogen-bond acceptors (Lipinski definition) is 8. The number of aromatic nitrogens is 2. The van der Waals surface area contributed by atoms with Crippen molar-refractivity contribution in [1.82, 2.24) is 9.97 Å². The maximum Gasteiger partial charge on any atom is 0.234 e. The zero-order valence-corrected chi connectivity index (χ0v) is 17.2. The van der Waals surface area contributed by atoms with Crippen LogP contribution in [0.3, 0.4) is 0 Å². The topological polar surface area (TPSA) is 104 Å². The molecule has 0 fully saturated rings. The van der Waals surface area contributed by atoms with Crippen molar-refractivity contribution in [3.63, 3.8) is 0 Å². The molecule has 2 aromatic heterocycles. The maximum atomic E-state index is 12.5. The molecular weight excluding hydrogens is 406 g/mol. The third kappa shape index (κ3) is 4.30. The van der Waals surface area contributed by atoms with E-state index >= 15 is 0 Å². The van der Waals surface area contributed by atoms with Gasteiger partial charge in [0.1, 0.15) is 18.2 Å². The van der Waals surface area contributed by atoms with Crippen LogP contribution in [0.25, 0.3) is 11.6 Å². The molecule has 0 saturated carbocycles. The summed E-state index contributed by atoms with van der Waals surface area (Å²) in [6.45, 7) is 4.17. The minimum atomic E-state index is -0.234. The zero-order valence-electron chi connectivity index (χ0n) is 16.4. The van der Waals surface area contributed by atoms with Crippen LogP contribution in [0.5, 0.6) is 11.5 Å². The van der Waals surface area contributed by atoms with Gasteiger partial charge in [0.2, 0.25) is 5.91 Å². The predicted octanol–water partition coefficient (Wildman–Crippen LogP) is 3.75. The van der Waals surface area contributed by atoms with E-state index in [2.05, 4.69) is 15.3 Å². The number of amides is 1. The summed E-state index contributed by atoms with van der Waals surface area (Å²) in [7, 11) is 0. The highest BCUT2D eigenvalue weighted by molar-refractivity contribution is 8.00. The van der Waals surface area contributed by atoms with Gasteiger partial charge in [-0.1, -0.05) is 11.8 Å². The summed E-state index contributed by atoms with van der Waals surface area (Å²) in [6, 6.07) is 8.71. The summed E-state index contributed by atoms with van der Waals surface area (Å²) in [6.07, 6.45) is 1.53. The lowest BCUT2D eigenvalue weighted by atomic mass is 10.2. The van der Waals surface area contributed by atoms with E-state index in [4.69, 9.17) is 13.9 Å². The number of anilines is 1. The van der Waals surface area contributed by atoms with Crippen molar-refractivity contribution in [3.8, 4) is 23.1 Å². The minimum Gasteiger partial charge on any atom is -0.486 e. The molecule has 0 spiro atoms. The van der Waals surface area contributed by atoms with Crippen molar-refractivity contribution >= 4 is 29.1 Å². The predicted molar refractivity (Wildman–Crippen MR) is 111 cm³/mol. The van der Waals surface area contributed by atoms with E-state index in [9.17, 15) is 9.59 Å². The molecule has 0 unspecified atom stereocenters. The first-order valence-electron chi connectivity index (χ1n) is 9.27. The molecule has 154 valence electrons. The van der Waals surface area contributed by atoms with Gasteiger partial charge < -0.3 is 19.2 Å². The van der Waals surface area contributed by atoms with E-state index in [0.717, 1.165) is 0 Å². The van der Waals surface area contributed by atoms with Crippen LogP contribution in [0.1, 0.15) is 23.0 Å². The number of ketones is 1. The number of rotatable bonds is 6. The molecule has 1 N–H and O–H groups in total. The molecule has 0 aliphatic carbocycles. The van der Waals surface area contributed by atoms with Crippen LogP contribution in [0.15, 0.2) is 46.0 Å². The molecule has 4 rings (SSSR count). The monoisotopic (exact) mass is 425 g/mol. The number of benzene rings is 1. The molecule has 1 aliphatic rings. The Morgan fingerprint density at radius 3 is 2.67 bits per heavy atom. The van der Waals surface area contributed by atoms with Crippen LogP contribution in [0.4, 0.5) is 5.69 Å². The summed E-state index contributed by atoms with van der Waals surface area (Å²) in [4.78, 5) is 33.4. The molecule has 0 bridgehead atoms. The molecule has 9 heteroatoms. The zero-order chi connectivity index (χ0) is 21.1. The molecule has 30 heavy (non-hydrogen) atoms. The first-order chi connectivity index (χ1) is 14.5. The quantitative estimate of drug-likeness (QED) is 0.362. The maximum absolute atomic E-state index is 12.5. The average molecular weight is 425 g/mol. The number of furan rings is 1. The Kier molecular flexibility index (Phi) is 5.71. The summed E-state index contributed by atoms with van der Waals surface area (Å²) < 4.78 is 16.4. The summed E-state index contributed by atoms with van der Waals surface area (Å²) in [5, 5.41) is 3.27. The van der Waals surface area contributed by atoms with Crippen molar-refractivity contribution in [3.05, 3.63) is 47.9 Å². The van der Waals surface area contributed by atoms with Gasteiger partial charge in [-0.05, 0) is 38.1 Å². The van der Waals surface area contributed by atoms with Crippen LogP contribution < -0.4 is 14.8 Å². The van der Waals surface area contributed by atoms with Gasteiger partial charge in [-0.15, -0.1) is 0 Å². The lowest BCUT2D eigenvalue weighted by Crippen LogP contribution is -2.17. The number of carbonyl (C=O) groups excluding carboxylic acids is 2. The van der Waals surface area contributed by atoms with E-state index in [0.29, 0.717) is 58.3 Å². The van der Waals surface area contributed by atoms with Gasteiger partial charge in [-0.3, -0.25) is 9.59 Å². The standard InChI is InChI=1S/C21H19N3O5S/c1-12-19(13(2)25)21(24-20(22-12)16-4-3-7-27-16)30-11-18(26)23-14-5-6-15-17(10-14)29-9-8-28-15/h3-7,10H,8-9,11H2,1-2H3,(H,23,26). The van der Waals surface area contributed by atoms with Crippen molar-refractivity contribution in [2.75, 3.05) is 24.3 Å². The Bertz CT molecular complexity index is 1100. The van der Waals surface area contributed by atoms with E-state index in [1.807, 2.05) is 0 Å². The molecule has 8 nitrogen and oxygen atoms in total. The summed E-state index contributed by atoms with van der Waals surface area (Å²) in [5.41, 5.74) is 1.55. The number of thioether (sulfide) groups is 1. The number of ether oxygens (including phenoxy) is 2. The normalized spacial score (nSPS) is 12.5. The average Bonchev–Trinajstić information content (AvgIpc) is 3.26. The van der Waals surface area contributed by atoms with Crippen LogP contribution in [0, 0.1) is 6.92 Å². The number of nitrogens with one attached hydrogen (secondary N) is 1. The molecular formula is C21H19N3O5S. The number of fused-ring (bicyclic) bond motifs is 1. The number of carbonyl (C=O) groups is 2. The number of hydrogen-bond donors (Lipinski definition) is 1. The fourth-order valence-corrected chi connectivity index (χ4v) is 3.95. The third-order valence-electron chi connectivity index (χ3n) is 4.32. The van der Waals surface area contributed by atoms with Crippen molar-refractivity contribution < 1.29 is 23.5 Å². The Balaban J connectivity index is 1.49. The highest BCUT2D eigenvalue weighted by Gasteiger charge is 2.19. The van der Waals surface area contributed by atoms with Gasteiger partial charge in [0.25, 0.3) is 0 Å². The Labute approximate surface area is 177 Å². The fraction of sp³-hybridized carbons (Fsp3) is 0.238. The van der Waals surface area contributed by atoms with E-state index in [1.54, 1.807) is 37.3 Å². The highest BCUT2D eigenvalue weighted by Crippen LogP contribution is 2.33. The minimum absolute atomic E-state index is 0.0722. The van der Waals surface area contributed by atoms with Crippen molar-refractivity contribution in [2.24, 2.45) is 0 Å². The molecule has 3 heterocycles. The largest absolute Gasteiger partial charge is 0.486 e. The summed E-state index contributed by atoms with van der Waals surface area (Å²) >= 11 is 1.18. The number of nitrogens with zero attached hydrogens (tertiary/aromatic N) is 2. The highest BCUT2D eigenvalue weighted by atomic mass is 32.2. The second-order valence-corrected chi connectivity index (χ2v) is 7.51. The molecule has 0 atom stereocenters. The molecule has 3 aromatic rings. The van der Waals surface area contributed by atoms with E-state index < -0.39 is 0 Å². The SMILES string of the molecule is CC(=O)c1c(C)nc(-c2ccco2)nc1SCC(=O)Nc1ccc2c(c1)OCCO2. The number of Topliss-reactive ketones (excluding diaryl/α,β-unsaturated/α-hetero) is 1. The lowest BCUT2D eigenvalue weighted by Gasteiger charge is -2.19. The van der Waals surface area contributed by atoms with Crippen molar-refractivity contribution in [1.29, 1.82) is 0 Å². The Morgan fingerprint density at radius 1 is 1.13 bits per heavy atom. The van der Waals surface area contributed by atoms with Crippen molar-refractivity contribution in [2.45, 2.75) is 18.9 Å². The number of aryl methyl sites for hydroxylation is 1. The second kappa shape index (κ2) is 8.58. The van der Waals surface area contributed by atoms with Crippen LogP contribution in [0.2, 0.25) is 0 Å². The first kappa shape index (κ1) is 20.0. The molecule has 1 aromatic carbocycles. The Hall–Kier alpha value is -3.33. The van der Waals surface area contributed by atoms with E-state index in [-0.39, 0.29) is 17.4 Å². The van der Waals surface area contributed by atoms with Gasteiger partial charge in [0.15, 0.2) is 28.9 Å². The van der Waals surface area contributed by atoms with E-state index in [1.165, 1.54) is 24.9 Å². The molecule has 1 aliphatic heterocycles. The fourth-order valence-electron chi connectivity index (χ4n) is 3.02. The van der Waals surface area contributed by atoms with Gasteiger partial charge in [-0.2, -0.15) is 0 Å². The second-order valence-electron chi connectivity index (χ2n) is 6.54. The van der Waals surface area contributed by atoms with Crippen LogP contribution in [-0.4, -0.2) is 40.6 Å². The van der Waals surface area contributed by atoms with Crippen LogP contribution >= 0.6 is 11.8 Å². The first-order valence-corrected chi connectivity index (χ1v) is 10.3. The summed E-state index contributed by atoms with van der Waals surface area (Å²) in [5.74, 6) is 1.80. The van der Waals surface area contributed by atoms with Crippen LogP contribution in [-0.2, 0) is 4.79 Å². The smallest absolute Gasteiger partial charge is 0.234 e. The van der Waals surface area contributed by atoms with Gasteiger partial charge in [0, 0.05) is 11.8 Å². The third-order valence-corrected chi connectivity index (χ3v) is 5.29. The van der Waals surface area contributed by atoms with Gasteiger partial charge in [-0.25, -0.2) is 9.97 Å². The Morgan fingerprint density at radius 2 is 1.93 bits per heavy atom. The molecule has 0 radical (unpaired) electrons. The lowest BCUT2D eigenvalue weighted by molar-refractivity contribution is -0.113. The molecule has 0 saturated heterocycles.